The van der Waals surface area contributed by atoms with Crippen LogP contribution in [0.3, 0.4) is 0 Å². The molecule has 0 radical (unpaired) electrons. The third-order valence-corrected chi connectivity index (χ3v) is 6.68. The molecule has 9 heteroatoms. The predicted octanol–water partition coefficient (Wildman–Crippen LogP) is 3.26. The number of hydrogen-bond acceptors (Lipinski definition) is 6. The Morgan fingerprint density at radius 3 is 2.82 bits per heavy atom. The second-order valence-electron chi connectivity index (χ2n) is 8.82. The summed E-state index contributed by atoms with van der Waals surface area (Å²) in [5.41, 5.74) is 4.27. The molecule has 33 heavy (non-hydrogen) atoms. The predicted molar refractivity (Wildman–Crippen MR) is 124 cm³/mol. The van der Waals surface area contributed by atoms with Gasteiger partial charge in [0.1, 0.15) is 11.3 Å². The highest BCUT2D eigenvalue weighted by atomic mass is 16.5. The van der Waals surface area contributed by atoms with Crippen LogP contribution in [0.5, 0.6) is 0 Å². The zero-order chi connectivity index (χ0) is 22.4. The number of imidazole rings is 1. The van der Waals surface area contributed by atoms with Crippen molar-refractivity contribution >= 4 is 23.0 Å². The van der Waals surface area contributed by atoms with E-state index in [0.29, 0.717) is 23.8 Å². The van der Waals surface area contributed by atoms with Gasteiger partial charge in [0.05, 0.1) is 24.0 Å². The van der Waals surface area contributed by atoms with Gasteiger partial charge in [-0.1, -0.05) is 0 Å². The molecule has 0 unspecified atom stereocenters. The highest BCUT2D eigenvalue weighted by Gasteiger charge is 2.30. The number of fused-ring (bicyclic) bond motifs is 2. The van der Waals surface area contributed by atoms with Gasteiger partial charge < -0.3 is 15.0 Å². The van der Waals surface area contributed by atoms with Gasteiger partial charge in [0, 0.05) is 49.3 Å². The summed E-state index contributed by atoms with van der Waals surface area (Å²) in [6.45, 7) is 4.41. The minimum Gasteiger partial charge on any atom is -0.378 e. The number of anilines is 1. The first-order valence-electron chi connectivity index (χ1n) is 11.7. The molecule has 4 aromatic rings. The Morgan fingerprint density at radius 2 is 2.00 bits per heavy atom. The Bertz CT molecular complexity index is 1320. The van der Waals surface area contributed by atoms with Gasteiger partial charge in [-0.25, -0.2) is 14.5 Å². The monoisotopic (exact) mass is 445 g/mol. The zero-order valence-electron chi connectivity index (χ0n) is 18.6. The van der Waals surface area contributed by atoms with Crippen molar-refractivity contribution in [2.45, 2.75) is 44.8 Å². The molecular formula is C24H27N7O2. The summed E-state index contributed by atoms with van der Waals surface area (Å²) >= 11 is 0. The largest absolute Gasteiger partial charge is 0.378 e. The van der Waals surface area contributed by atoms with Gasteiger partial charge in [-0.05, 0) is 50.8 Å². The Kier molecular flexibility index (Phi) is 4.98. The molecule has 0 aromatic carbocycles. The van der Waals surface area contributed by atoms with E-state index in [1.54, 1.807) is 6.20 Å². The van der Waals surface area contributed by atoms with Crippen molar-refractivity contribution in [1.82, 2.24) is 28.9 Å². The highest BCUT2D eigenvalue weighted by molar-refractivity contribution is 5.93. The molecule has 4 aromatic heterocycles. The van der Waals surface area contributed by atoms with Crippen LogP contribution in [0.15, 0.2) is 43.0 Å². The Morgan fingerprint density at radius 1 is 1.15 bits per heavy atom. The molecule has 6 rings (SSSR count). The van der Waals surface area contributed by atoms with Crippen LogP contribution in [0.4, 0.5) is 5.95 Å². The van der Waals surface area contributed by atoms with Crippen molar-refractivity contribution in [1.29, 1.82) is 0 Å². The summed E-state index contributed by atoms with van der Waals surface area (Å²) < 4.78 is 9.36. The standard InChI is InChI=1S/C24H27N7O2/c1-2-33-18-11-17(12-18)27-24-26-13-20-19(7-10-31(20)28-24)16-5-6-22-25-14-21(30(22)15-16)23(32)29-8-3-4-9-29/h5-7,10,13-15,17-18H,2-4,8-9,11-12H2,1H3,(H,27,28)/t17-,18-. The summed E-state index contributed by atoms with van der Waals surface area (Å²) in [6.07, 6.45) is 11.9. The van der Waals surface area contributed by atoms with Crippen molar-refractivity contribution in [3.63, 3.8) is 0 Å². The summed E-state index contributed by atoms with van der Waals surface area (Å²) in [5, 5.41) is 8.04. The number of ether oxygens (including phenoxy) is 1. The summed E-state index contributed by atoms with van der Waals surface area (Å²) in [4.78, 5) is 23.9. The van der Waals surface area contributed by atoms with Gasteiger partial charge in [0.25, 0.3) is 5.91 Å². The van der Waals surface area contributed by atoms with E-state index in [1.165, 1.54) is 0 Å². The van der Waals surface area contributed by atoms with Crippen LogP contribution in [0.1, 0.15) is 43.1 Å². The molecular weight excluding hydrogens is 418 g/mol. The molecule has 5 heterocycles. The number of pyridine rings is 1. The Hall–Kier alpha value is -3.46. The van der Waals surface area contributed by atoms with E-state index in [9.17, 15) is 4.79 Å². The molecule has 170 valence electrons. The van der Waals surface area contributed by atoms with E-state index in [1.807, 2.05) is 57.5 Å². The summed E-state index contributed by atoms with van der Waals surface area (Å²) in [7, 11) is 0. The number of carbonyl (C=O) groups excluding carboxylic acids is 1. The first-order valence-corrected chi connectivity index (χ1v) is 11.7. The molecule has 2 fully saturated rings. The molecule has 2 aliphatic rings. The highest BCUT2D eigenvalue weighted by Crippen LogP contribution is 2.28. The molecule has 1 N–H and O–H groups in total. The van der Waals surface area contributed by atoms with Crippen molar-refractivity contribution in [2.24, 2.45) is 0 Å². The van der Waals surface area contributed by atoms with E-state index in [0.717, 1.165) is 67.7 Å². The SMILES string of the molecule is CCO[C@H]1C[C@H](Nc2ncc3c(-c4ccc5ncc(C(=O)N6CCCC6)n5c4)ccn3n2)C1. The lowest BCUT2D eigenvalue weighted by molar-refractivity contribution is 0.00283. The lowest BCUT2D eigenvalue weighted by Crippen LogP contribution is -2.41. The topological polar surface area (TPSA) is 89.1 Å². The number of nitrogens with one attached hydrogen (secondary N) is 1. The van der Waals surface area contributed by atoms with Crippen LogP contribution in [0.25, 0.3) is 22.3 Å². The van der Waals surface area contributed by atoms with Gasteiger partial charge in [-0.15, -0.1) is 5.10 Å². The van der Waals surface area contributed by atoms with E-state index in [4.69, 9.17) is 4.74 Å². The average Bonchev–Trinajstić information content (AvgIpc) is 3.56. The molecule has 1 amide bonds. The van der Waals surface area contributed by atoms with Crippen molar-refractivity contribution in [3.8, 4) is 11.1 Å². The molecule has 0 bridgehead atoms. The van der Waals surface area contributed by atoms with Gasteiger partial charge >= 0.3 is 0 Å². The zero-order valence-corrected chi connectivity index (χ0v) is 18.6. The number of amides is 1. The summed E-state index contributed by atoms with van der Waals surface area (Å²) in [5.74, 6) is 0.661. The van der Waals surface area contributed by atoms with Crippen LogP contribution in [0, 0.1) is 0 Å². The second-order valence-corrected chi connectivity index (χ2v) is 8.82. The van der Waals surface area contributed by atoms with Crippen LogP contribution < -0.4 is 5.32 Å². The summed E-state index contributed by atoms with van der Waals surface area (Å²) in [6, 6.07) is 6.35. The number of aromatic nitrogens is 5. The third-order valence-electron chi connectivity index (χ3n) is 6.68. The van der Waals surface area contributed by atoms with Crippen LogP contribution >= 0.6 is 0 Å². The fourth-order valence-electron chi connectivity index (χ4n) is 4.83. The first-order chi connectivity index (χ1) is 16.2. The van der Waals surface area contributed by atoms with Crippen molar-refractivity contribution in [2.75, 3.05) is 25.0 Å². The molecule has 1 aliphatic heterocycles. The van der Waals surface area contributed by atoms with E-state index < -0.39 is 0 Å². The molecule has 1 saturated heterocycles. The number of hydrogen-bond donors (Lipinski definition) is 1. The fourth-order valence-corrected chi connectivity index (χ4v) is 4.83. The smallest absolute Gasteiger partial charge is 0.272 e. The normalized spacial score (nSPS) is 20.5. The number of rotatable bonds is 6. The second kappa shape index (κ2) is 8.15. The Balaban J connectivity index is 1.27. The van der Waals surface area contributed by atoms with E-state index in [-0.39, 0.29) is 5.91 Å². The maximum Gasteiger partial charge on any atom is 0.272 e. The minimum absolute atomic E-state index is 0.0421. The van der Waals surface area contributed by atoms with Gasteiger partial charge in [0.2, 0.25) is 5.95 Å². The lowest BCUT2D eigenvalue weighted by Gasteiger charge is -2.35. The first kappa shape index (κ1) is 20.2. The maximum atomic E-state index is 13.0. The number of likely N-dealkylation sites (tertiary alicyclic amines) is 1. The molecule has 0 atom stereocenters. The van der Waals surface area contributed by atoms with Gasteiger partial charge in [-0.2, -0.15) is 0 Å². The van der Waals surface area contributed by atoms with Crippen LogP contribution in [0.2, 0.25) is 0 Å². The van der Waals surface area contributed by atoms with Crippen molar-refractivity contribution in [3.05, 3.63) is 48.7 Å². The third kappa shape index (κ3) is 3.62. The van der Waals surface area contributed by atoms with Crippen molar-refractivity contribution < 1.29 is 9.53 Å². The number of carbonyl (C=O) groups is 1. The van der Waals surface area contributed by atoms with E-state index >= 15 is 0 Å². The molecule has 9 nitrogen and oxygen atoms in total. The van der Waals surface area contributed by atoms with Crippen LogP contribution in [-0.4, -0.2) is 66.6 Å². The quantitative estimate of drug-likeness (QED) is 0.490. The Labute approximate surface area is 191 Å². The minimum atomic E-state index is 0.0421. The number of nitrogens with zero attached hydrogens (tertiary/aromatic N) is 6. The van der Waals surface area contributed by atoms with Crippen LogP contribution in [-0.2, 0) is 4.74 Å². The average molecular weight is 446 g/mol. The molecule has 1 saturated carbocycles. The fraction of sp³-hybridized carbons (Fsp3) is 0.417. The molecule has 1 aliphatic carbocycles. The van der Waals surface area contributed by atoms with E-state index in [2.05, 4.69) is 20.4 Å². The molecule has 0 spiro atoms. The lowest BCUT2D eigenvalue weighted by atomic mass is 9.89. The van der Waals surface area contributed by atoms with Gasteiger partial charge in [0.15, 0.2) is 0 Å². The maximum absolute atomic E-state index is 13.0. The van der Waals surface area contributed by atoms with Gasteiger partial charge in [-0.3, -0.25) is 9.20 Å².